The van der Waals surface area contributed by atoms with E-state index in [1.54, 1.807) is 0 Å². The molecule has 0 aliphatic heterocycles. The maximum atomic E-state index is 5.14. The fraction of sp³-hybridized carbons (Fsp3) is 0.833. The molecule has 0 radical (unpaired) electrons. The summed E-state index contributed by atoms with van der Waals surface area (Å²) >= 11 is 0. The molecule has 0 atom stereocenters. The number of aromatic nitrogens is 2. The normalized spacial score (nSPS) is 16.3. The molecule has 1 fully saturated rings. The fourth-order valence-electron chi connectivity index (χ4n) is 3.45. The Morgan fingerprint density at radius 2 is 2.08 bits per heavy atom. The Labute approximate surface area is 169 Å². The van der Waals surface area contributed by atoms with Crippen LogP contribution in [0.5, 0.6) is 0 Å². The van der Waals surface area contributed by atoms with E-state index in [2.05, 4.69) is 41.5 Å². The summed E-state index contributed by atoms with van der Waals surface area (Å²) in [7, 11) is 0. The largest absolute Gasteiger partial charge is 0.357 e. The molecule has 7 heteroatoms. The van der Waals surface area contributed by atoms with Crippen LogP contribution in [0, 0.1) is 18.3 Å². The zero-order valence-corrected chi connectivity index (χ0v) is 18.4. The number of nitrogens with zero attached hydrogens (tertiary/aromatic N) is 3. The second kappa shape index (κ2) is 11.0. The van der Waals surface area contributed by atoms with Crippen LogP contribution in [0.1, 0.15) is 64.6 Å². The molecule has 0 bridgehead atoms. The van der Waals surface area contributed by atoms with Gasteiger partial charge in [-0.25, -0.2) is 0 Å². The van der Waals surface area contributed by atoms with Crippen molar-refractivity contribution in [1.29, 1.82) is 0 Å². The lowest BCUT2D eigenvalue weighted by atomic mass is 9.64. The third-order valence-corrected chi connectivity index (χ3v) is 4.60. The summed E-state index contributed by atoms with van der Waals surface area (Å²) < 4.78 is 5.14. The summed E-state index contributed by atoms with van der Waals surface area (Å²) in [5.74, 6) is 3.08. The van der Waals surface area contributed by atoms with Crippen molar-refractivity contribution in [1.82, 2.24) is 20.8 Å². The van der Waals surface area contributed by atoms with Crippen LogP contribution in [0.4, 0.5) is 0 Å². The predicted octanol–water partition coefficient (Wildman–Crippen LogP) is 3.70. The number of nitrogens with one attached hydrogen (secondary N) is 2. The van der Waals surface area contributed by atoms with Gasteiger partial charge in [-0.1, -0.05) is 25.4 Å². The van der Waals surface area contributed by atoms with Crippen LogP contribution in [0.2, 0.25) is 0 Å². The molecular formula is C18H34IN5O. The van der Waals surface area contributed by atoms with Gasteiger partial charge in [0.25, 0.3) is 0 Å². The first kappa shape index (κ1) is 22.2. The minimum absolute atomic E-state index is 0. The Morgan fingerprint density at radius 1 is 1.32 bits per heavy atom. The molecule has 144 valence electrons. The van der Waals surface area contributed by atoms with E-state index < -0.39 is 0 Å². The van der Waals surface area contributed by atoms with Crippen LogP contribution in [-0.4, -0.2) is 35.7 Å². The van der Waals surface area contributed by atoms with Crippen molar-refractivity contribution < 1.29 is 4.52 Å². The average molecular weight is 463 g/mol. The van der Waals surface area contributed by atoms with Gasteiger partial charge in [-0.15, -0.1) is 24.0 Å². The molecule has 0 aromatic carbocycles. The van der Waals surface area contributed by atoms with E-state index in [9.17, 15) is 0 Å². The molecule has 0 spiro atoms. The lowest BCUT2D eigenvalue weighted by Gasteiger charge is -2.42. The molecule has 1 aliphatic rings. The van der Waals surface area contributed by atoms with Crippen molar-refractivity contribution in [2.75, 3.05) is 19.6 Å². The molecule has 1 aromatic rings. The molecular weight excluding hydrogens is 429 g/mol. The van der Waals surface area contributed by atoms with Crippen LogP contribution in [0.3, 0.4) is 0 Å². The molecule has 1 aromatic heterocycles. The standard InChI is InChI=1S/C18H33N5O.HI/c1-5-19-17(20-11-6-8-16-22-15(4)23-24-16)21-13-18(9-7-10-18)12-14(2)3;/h14H,5-13H2,1-4H3,(H2,19,20,21);1H. The Morgan fingerprint density at radius 3 is 2.60 bits per heavy atom. The van der Waals surface area contributed by atoms with Crippen molar-refractivity contribution >= 4 is 29.9 Å². The lowest BCUT2D eigenvalue weighted by molar-refractivity contribution is 0.111. The highest BCUT2D eigenvalue weighted by molar-refractivity contribution is 14.0. The minimum atomic E-state index is 0. The monoisotopic (exact) mass is 463 g/mol. The van der Waals surface area contributed by atoms with Gasteiger partial charge in [0.2, 0.25) is 5.89 Å². The van der Waals surface area contributed by atoms with Gasteiger partial charge < -0.3 is 15.2 Å². The number of hydrogen-bond donors (Lipinski definition) is 2. The zero-order valence-electron chi connectivity index (χ0n) is 16.1. The highest BCUT2D eigenvalue weighted by atomic mass is 127. The zero-order chi connectivity index (χ0) is 17.4. The molecule has 0 unspecified atom stereocenters. The third kappa shape index (κ3) is 7.50. The molecule has 0 amide bonds. The van der Waals surface area contributed by atoms with Gasteiger partial charge >= 0.3 is 0 Å². The minimum Gasteiger partial charge on any atom is -0.357 e. The number of rotatable bonds is 9. The smallest absolute Gasteiger partial charge is 0.226 e. The van der Waals surface area contributed by atoms with Gasteiger partial charge in [-0.05, 0) is 50.9 Å². The second-order valence-corrected chi connectivity index (χ2v) is 7.41. The Bertz CT molecular complexity index is 525. The topological polar surface area (TPSA) is 75.3 Å². The van der Waals surface area contributed by atoms with Crippen LogP contribution < -0.4 is 10.6 Å². The number of hydrogen-bond acceptors (Lipinski definition) is 4. The maximum Gasteiger partial charge on any atom is 0.226 e. The van der Waals surface area contributed by atoms with Gasteiger partial charge in [0.15, 0.2) is 11.8 Å². The van der Waals surface area contributed by atoms with E-state index in [1.165, 1.54) is 25.7 Å². The summed E-state index contributed by atoms with van der Waals surface area (Å²) in [5.41, 5.74) is 0.442. The van der Waals surface area contributed by atoms with Crippen molar-refractivity contribution in [3.8, 4) is 0 Å². The first-order valence-corrected chi connectivity index (χ1v) is 9.34. The maximum absolute atomic E-state index is 5.14. The van der Waals surface area contributed by atoms with E-state index in [0.717, 1.165) is 44.4 Å². The molecule has 2 rings (SSSR count). The molecule has 6 nitrogen and oxygen atoms in total. The van der Waals surface area contributed by atoms with Crippen molar-refractivity contribution in [2.45, 2.75) is 66.2 Å². The van der Waals surface area contributed by atoms with E-state index in [1.807, 2.05) is 6.92 Å². The molecule has 25 heavy (non-hydrogen) atoms. The molecule has 2 N–H and O–H groups in total. The molecule has 1 saturated carbocycles. The van der Waals surface area contributed by atoms with E-state index >= 15 is 0 Å². The van der Waals surface area contributed by atoms with Crippen molar-refractivity contribution in [2.24, 2.45) is 16.3 Å². The Hall–Kier alpha value is -0.860. The summed E-state index contributed by atoms with van der Waals surface area (Å²) in [6, 6.07) is 0. The SMILES string of the molecule is CCNC(=NCC1(CC(C)C)CCC1)NCCCc1nc(C)no1.I. The number of halogens is 1. The molecule has 1 aliphatic carbocycles. The Kier molecular flexibility index (Phi) is 9.74. The summed E-state index contributed by atoms with van der Waals surface area (Å²) in [5, 5.41) is 10.6. The van der Waals surface area contributed by atoms with Crippen LogP contribution in [0.25, 0.3) is 0 Å². The quantitative estimate of drug-likeness (QED) is 0.253. The number of aryl methyl sites for hydroxylation is 2. The van der Waals surface area contributed by atoms with Crippen LogP contribution in [0.15, 0.2) is 9.52 Å². The Balaban J connectivity index is 0.00000312. The predicted molar refractivity (Wildman–Crippen MR) is 112 cm³/mol. The lowest BCUT2D eigenvalue weighted by Crippen LogP contribution is -2.40. The first-order chi connectivity index (χ1) is 11.5. The highest BCUT2D eigenvalue weighted by Gasteiger charge is 2.37. The molecule has 0 saturated heterocycles. The number of aliphatic imine (C=N–C) groups is 1. The summed E-state index contributed by atoms with van der Waals surface area (Å²) in [6.45, 7) is 11.2. The van der Waals surface area contributed by atoms with E-state index in [-0.39, 0.29) is 24.0 Å². The van der Waals surface area contributed by atoms with E-state index in [4.69, 9.17) is 9.52 Å². The van der Waals surface area contributed by atoms with Crippen molar-refractivity contribution in [3.63, 3.8) is 0 Å². The van der Waals surface area contributed by atoms with Crippen molar-refractivity contribution in [3.05, 3.63) is 11.7 Å². The van der Waals surface area contributed by atoms with E-state index in [0.29, 0.717) is 17.1 Å². The van der Waals surface area contributed by atoms with Crippen LogP contribution in [-0.2, 0) is 6.42 Å². The van der Waals surface area contributed by atoms with Gasteiger partial charge in [-0.2, -0.15) is 4.98 Å². The third-order valence-electron chi connectivity index (χ3n) is 4.60. The summed E-state index contributed by atoms with van der Waals surface area (Å²) in [6.07, 6.45) is 7.03. The van der Waals surface area contributed by atoms with Gasteiger partial charge in [0.1, 0.15) is 0 Å². The van der Waals surface area contributed by atoms with Gasteiger partial charge in [0, 0.05) is 26.1 Å². The number of guanidine groups is 1. The molecule has 1 heterocycles. The van der Waals surface area contributed by atoms with Gasteiger partial charge in [-0.3, -0.25) is 4.99 Å². The summed E-state index contributed by atoms with van der Waals surface area (Å²) in [4.78, 5) is 9.08. The highest BCUT2D eigenvalue weighted by Crippen LogP contribution is 2.46. The van der Waals surface area contributed by atoms with Crippen LogP contribution >= 0.6 is 24.0 Å². The first-order valence-electron chi connectivity index (χ1n) is 9.34. The average Bonchev–Trinajstić information content (AvgIpc) is 2.91. The fourth-order valence-corrected chi connectivity index (χ4v) is 3.45. The second-order valence-electron chi connectivity index (χ2n) is 7.41. The van der Waals surface area contributed by atoms with Gasteiger partial charge in [0.05, 0.1) is 0 Å².